The van der Waals surface area contributed by atoms with Gasteiger partial charge in [-0.25, -0.2) is 4.39 Å². The van der Waals surface area contributed by atoms with Crippen molar-refractivity contribution >= 4 is 21.9 Å². The van der Waals surface area contributed by atoms with Gasteiger partial charge in [-0.1, -0.05) is 15.9 Å². The lowest BCUT2D eigenvalue weighted by Crippen LogP contribution is -2.25. The molecule has 0 saturated carbocycles. The molecule has 116 valence electrons. The van der Waals surface area contributed by atoms with Gasteiger partial charge in [0.15, 0.2) is 0 Å². The number of halogens is 2. The van der Waals surface area contributed by atoms with Crippen molar-refractivity contribution in [3.05, 3.63) is 34.1 Å². The predicted molar refractivity (Wildman–Crippen MR) is 83.4 cm³/mol. The lowest BCUT2D eigenvalue weighted by Gasteiger charge is -2.20. The van der Waals surface area contributed by atoms with Gasteiger partial charge in [0.1, 0.15) is 5.82 Å². The summed E-state index contributed by atoms with van der Waals surface area (Å²) in [7, 11) is 1.43. The van der Waals surface area contributed by atoms with Crippen molar-refractivity contribution < 1.29 is 13.9 Å². The largest absolute Gasteiger partial charge is 0.469 e. The molecule has 1 heterocycles. The first-order valence-electron chi connectivity index (χ1n) is 7.31. The fraction of sp³-hybridized carbons (Fsp3) is 0.562. The van der Waals surface area contributed by atoms with Crippen molar-refractivity contribution in [1.82, 2.24) is 4.90 Å². The molecule has 1 aliphatic heterocycles. The summed E-state index contributed by atoms with van der Waals surface area (Å²) in [6.07, 6.45) is 3.53. The first-order chi connectivity index (χ1) is 10.1. The monoisotopic (exact) mass is 357 g/mol. The summed E-state index contributed by atoms with van der Waals surface area (Å²) >= 11 is 3.38. The zero-order valence-corrected chi connectivity index (χ0v) is 13.9. The molecule has 0 bridgehead atoms. The van der Waals surface area contributed by atoms with Crippen LogP contribution in [0.2, 0.25) is 0 Å². The van der Waals surface area contributed by atoms with E-state index < -0.39 is 0 Å². The highest BCUT2D eigenvalue weighted by atomic mass is 79.9. The van der Waals surface area contributed by atoms with Gasteiger partial charge in [-0.2, -0.15) is 0 Å². The second kappa shape index (κ2) is 7.90. The number of likely N-dealkylation sites (tertiary alicyclic amines) is 1. The molecule has 1 aliphatic rings. The van der Waals surface area contributed by atoms with Crippen molar-refractivity contribution in [3.8, 4) is 0 Å². The second-order valence-electron chi connectivity index (χ2n) is 5.59. The average molecular weight is 358 g/mol. The van der Waals surface area contributed by atoms with E-state index in [-0.39, 0.29) is 11.8 Å². The highest BCUT2D eigenvalue weighted by molar-refractivity contribution is 9.10. The van der Waals surface area contributed by atoms with E-state index in [4.69, 9.17) is 4.74 Å². The van der Waals surface area contributed by atoms with Crippen LogP contribution in [0.25, 0.3) is 0 Å². The Bertz CT molecular complexity index is 495. The van der Waals surface area contributed by atoms with Crippen LogP contribution in [0.15, 0.2) is 22.7 Å². The van der Waals surface area contributed by atoms with E-state index in [0.717, 1.165) is 42.4 Å². The van der Waals surface area contributed by atoms with Gasteiger partial charge in [0.2, 0.25) is 0 Å². The van der Waals surface area contributed by atoms with E-state index in [0.29, 0.717) is 18.9 Å². The van der Waals surface area contributed by atoms with Crippen LogP contribution in [-0.2, 0) is 16.1 Å². The number of hydrogen-bond acceptors (Lipinski definition) is 3. The number of nitrogens with zero attached hydrogens (tertiary/aromatic N) is 1. The van der Waals surface area contributed by atoms with Gasteiger partial charge in [0, 0.05) is 23.0 Å². The summed E-state index contributed by atoms with van der Waals surface area (Å²) < 4.78 is 19.5. The van der Waals surface area contributed by atoms with E-state index in [1.54, 1.807) is 6.07 Å². The van der Waals surface area contributed by atoms with Crippen molar-refractivity contribution in [1.29, 1.82) is 0 Å². The molecule has 0 amide bonds. The molecule has 0 spiro atoms. The predicted octanol–water partition coefficient (Wildman–Crippen LogP) is 3.75. The summed E-state index contributed by atoms with van der Waals surface area (Å²) in [6.45, 7) is 2.47. The third kappa shape index (κ3) is 5.08. The van der Waals surface area contributed by atoms with E-state index in [2.05, 4.69) is 20.8 Å². The number of carbonyl (C=O) groups excluding carboxylic acids is 1. The van der Waals surface area contributed by atoms with Crippen LogP contribution >= 0.6 is 15.9 Å². The van der Waals surface area contributed by atoms with E-state index in [9.17, 15) is 9.18 Å². The van der Waals surface area contributed by atoms with Gasteiger partial charge in [-0.15, -0.1) is 0 Å². The van der Waals surface area contributed by atoms with Gasteiger partial charge in [-0.3, -0.25) is 9.69 Å². The van der Waals surface area contributed by atoms with Gasteiger partial charge >= 0.3 is 5.97 Å². The number of hydrogen-bond donors (Lipinski definition) is 0. The molecule has 1 saturated heterocycles. The number of methoxy groups -OCH3 is 1. The van der Waals surface area contributed by atoms with Crippen LogP contribution in [0, 0.1) is 11.7 Å². The van der Waals surface area contributed by atoms with Crippen LogP contribution in [0.3, 0.4) is 0 Å². The topological polar surface area (TPSA) is 29.5 Å². The minimum Gasteiger partial charge on any atom is -0.469 e. The minimum atomic E-state index is -0.159. The summed E-state index contributed by atoms with van der Waals surface area (Å²) in [5, 5.41) is 0. The van der Waals surface area contributed by atoms with Gasteiger partial charge in [0.05, 0.1) is 7.11 Å². The molecule has 3 nitrogen and oxygen atoms in total. The molecule has 1 aromatic carbocycles. The maximum atomic E-state index is 13.8. The molecule has 5 heteroatoms. The van der Waals surface area contributed by atoms with E-state index in [1.807, 2.05) is 6.07 Å². The molecule has 1 fully saturated rings. The van der Waals surface area contributed by atoms with Crippen molar-refractivity contribution in [2.24, 2.45) is 5.92 Å². The van der Waals surface area contributed by atoms with Crippen LogP contribution in [0.4, 0.5) is 4.39 Å². The quantitative estimate of drug-likeness (QED) is 0.768. The van der Waals surface area contributed by atoms with Crippen LogP contribution in [-0.4, -0.2) is 31.1 Å². The number of rotatable bonds is 4. The lowest BCUT2D eigenvalue weighted by atomic mass is 9.97. The zero-order valence-electron chi connectivity index (χ0n) is 12.3. The Labute approximate surface area is 133 Å². The molecule has 0 aromatic heterocycles. The molecule has 1 atom stereocenters. The Balaban J connectivity index is 1.91. The second-order valence-corrected chi connectivity index (χ2v) is 6.50. The number of esters is 1. The van der Waals surface area contributed by atoms with Crippen LogP contribution in [0.5, 0.6) is 0 Å². The van der Waals surface area contributed by atoms with Crippen molar-refractivity contribution in [2.45, 2.75) is 32.2 Å². The normalized spacial score (nSPS) is 20.0. The Morgan fingerprint density at radius 1 is 1.43 bits per heavy atom. The summed E-state index contributed by atoms with van der Waals surface area (Å²) in [6, 6.07) is 5.05. The Morgan fingerprint density at radius 2 is 2.24 bits per heavy atom. The molecule has 2 rings (SSSR count). The van der Waals surface area contributed by atoms with Gasteiger partial charge in [-0.05, 0) is 56.5 Å². The molecule has 1 aromatic rings. The van der Waals surface area contributed by atoms with Crippen LogP contribution < -0.4 is 0 Å². The fourth-order valence-corrected chi connectivity index (χ4v) is 3.22. The number of benzene rings is 1. The van der Waals surface area contributed by atoms with Gasteiger partial charge in [0.25, 0.3) is 0 Å². The summed E-state index contributed by atoms with van der Waals surface area (Å²) in [5.74, 6) is 0.0925. The smallest absolute Gasteiger partial charge is 0.305 e. The molecule has 0 radical (unpaired) electrons. The Morgan fingerprint density at radius 3 is 3.00 bits per heavy atom. The molecule has 21 heavy (non-hydrogen) atoms. The third-order valence-corrected chi connectivity index (χ3v) is 4.52. The van der Waals surface area contributed by atoms with Crippen molar-refractivity contribution in [3.63, 3.8) is 0 Å². The first-order valence-corrected chi connectivity index (χ1v) is 8.11. The SMILES string of the molecule is COC(=O)C[C@@H]1CCCN(Cc2cc(Br)ccc2F)CC1. The Hall–Kier alpha value is -0.940. The third-order valence-electron chi connectivity index (χ3n) is 4.03. The summed E-state index contributed by atoms with van der Waals surface area (Å²) in [4.78, 5) is 13.6. The molecular formula is C16H21BrFNO2. The standard InChI is InChI=1S/C16H21BrFNO2/c1-21-16(20)9-12-3-2-7-19(8-6-12)11-13-10-14(17)4-5-15(13)18/h4-5,10,12H,2-3,6-9,11H2,1H3/t12-/m1/s1. The average Bonchev–Trinajstić information content (AvgIpc) is 2.68. The van der Waals surface area contributed by atoms with Gasteiger partial charge < -0.3 is 4.74 Å². The number of ether oxygens (including phenoxy) is 1. The maximum Gasteiger partial charge on any atom is 0.305 e. The minimum absolute atomic E-state index is 0.133. The number of carbonyl (C=O) groups is 1. The molecule has 0 unspecified atom stereocenters. The zero-order chi connectivity index (χ0) is 15.2. The highest BCUT2D eigenvalue weighted by Gasteiger charge is 2.20. The summed E-state index contributed by atoms with van der Waals surface area (Å²) in [5.41, 5.74) is 0.718. The highest BCUT2D eigenvalue weighted by Crippen LogP contribution is 2.23. The maximum absolute atomic E-state index is 13.8. The van der Waals surface area contributed by atoms with E-state index in [1.165, 1.54) is 13.2 Å². The molecule has 0 N–H and O–H groups in total. The fourth-order valence-electron chi connectivity index (χ4n) is 2.81. The molecular weight excluding hydrogens is 337 g/mol. The first kappa shape index (κ1) is 16.4. The van der Waals surface area contributed by atoms with Crippen molar-refractivity contribution in [2.75, 3.05) is 20.2 Å². The van der Waals surface area contributed by atoms with Crippen LogP contribution in [0.1, 0.15) is 31.2 Å². The molecule has 0 aliphatic carbocycles. The lowest BCUT2D eigenvalue weighted by molar-refractivity contribution is -0.141. The van der Waals surface area contributed by atoms with E-state index >= 15 is 0 Å². The Kier molecular flexibility index (Phi) is 6.18.